The van der Waals surface area contributed by atoms with Crippen LogP contribution in [0.3, 0.4) is 0 Å². The summed E-state index contributed by atoms with van der Waals surface area (Å²) in [6.07, 6.45) is -0.669. The molecule has 0 fully saturated rings. The van der Waals surface area contributed by atoms with Gasteiger partial charge in [-0.25, -0.2) is 0 Å². The summed E-state index contributed by atoms with van der Waals surface area (Å²) in [7, 11) is 1.67. The first-order valence-electron chi connectivity index (χ1n) is 10.0. The fraction of sp³-hybridized carbons (Fsp3) is 0.435. The van der Waals surface area contributed by atoms with Crippen LogP contribution in [0.4, 0.5) is 0 Å². The number of benzene rings is 2. The van der Waals surface area contributed by atoms with Crippen LogP contribution in [0.2, 0.25) is 0 Å². The Balaban J connectivity index is 1.90. The van der Waals surface area contributed by atoms with Gasteiger partial charge in [-0.15, -0.1) is 0 Å². The van der Waals surface area contributed by atoms with Crippen molar-refractivity contribution in [1.29, 1.82) is 0 Å². The molecule has 0 aliphatic carbocycles. The van der Waals surface area contributed by atoms with Gasteiger partial charge in [0.2, 0.25) is 0 Å². The molecule has 3 N–H and O–H groups in total. The second-order valence-electron chi connectivity index (χ2n) is 6.99. The highest BCUT2D eigenvalue weighted by molar-refractivity contribution is 5.80. The molecule has 0 aliphatic rings. The van der Waals surface area contributed by atoms with Gasteiger partial charge in [0.1, 0.15) is 5.75 Å². The van der Waals surface area contributed by atoms with Gasteiger partial charge in [0.25, 0.3) is 0 Å². The molecule has 29 heavy (non-hydrogen) atoms. The molecule has 2 rings (SSSR count). The van der Waals surface area contributed by atoms with Crippen LogP contribution in [-0.4, -0.2) is 44.0 Å². The second kappa shape index (κ2) is 12.1. The number of nitrogens with zero attached hydrogens (tertiary/aromatic N) is 1. The molecule has 6 heteroatoms. The summed E-state index contributed by atoms with van der Waals surface area (Å²) in [5, 5.41) is 16.8. The molecular weight excluding hydrogens is 366 g/mol. The van der Waals surface area contributed by atoms with Crippen molar-refractivity contribution in [1.82, 2.24) is 10.6 Å². The van der Waals surface area contributed by atoms with Gasteiger partial charge < -0.3 is 25.2 Å². The zero-order valence-corrected chi connectivity index (χ0v) is 17.8. The van der Waals surface area contributed by atoms with Crippen LogP contribution in [0.1, 0.15) is 36.6 Å². The first-order chi connectivity index (χ1) is 14.0. The number of aliphatic hydroxyl groups excluding tert-OH is 1. The molecule has 2 unspecified atom stereocenters. The van der Waals surface area contributed by atoms with Crippen LogP contribution in [0, 0.1) is 6.92 Å². The average molecular weight is 400 g/mol. The monoisotopic (exact) mass is 399 g/mol. The van der Waals surface area contributed by atoms with Crippen LogP contribution in [0.5, 0.6) is 5.75 Å². The Morgan fingerprint density at radius 1 is 1.17 bits per heavy atom. The number of rotatable bonds is 10. The van der Waals surface area contributed by atoms with E-state index in [0.717, 1.165) is 23.4 Å². The fourth-order valence-corrected chi connectivity index (χ4v) is 2.93. The third-order valence-electron chi connectivity index (χ3n) is 4.43. The summed E-state index contributed by atoms with van der Waals surface area (Å²) < 4.78 is 11.1. The lowest BCUT2D eigenvalue weighted by atomic mass is 10.0. The van der Waals surface area contributed by atoms with E-state index in [1.54, 1.807) is 7.11 Å². The topological polar surface area (TPSA) is 75.1 Å². The quantitative estimate of drug-likeness (QED) is 0.423. The largest absolute Gasteiger partial charge is 0.496 e. The molecule has 6 nitrogen and oxygen atoms in total. The summed E-state index contributed by atoms with van der Waals surface area (Å²) in [6, 6.07) is 16.0. The molecule has 0 amide bonds. The number of aliphatic hydroxyl groups is 1. The number of methoxy groups -OCH3 is 1. The van der Waals surface area contributed by atoms with E-state index >= 15 is 0 Å². The lowest BCUT2D eigenvalue weighted by Crippen LogP contribution is -2.39. The highest BCUT2D eigenvalue weighted by atomic mass is 16.5. The van der Waals surface area contributed by atoms with Crippen molar-refractivity contribution in [3.8, 4) is 5.75 Å². The Kier molecular flexibility index (Phi) is 9.47. The average Bonchev–Trinajstić information content (AvgIpc) is 2.73. The van der Waals surface area contributed by atoms with E-state index in [2.05, 4.69) is 35.5 Å². The molecule has 0 saturated carbocycles. The van der Waals surface area contributed by atoms with E-state index < -0.39 is 6.10 Å². The SMILES string of the molecule is CCNC(=NCC(O)COCc1ccccc1)NC(C)c1cc(C)ccc1OC. The van der Waals surface area contributed by atoms with Gasteiger partial charge in [-0.1, -0.05) is 48.0 Å². The van der Waals surface area contributed by atoms with E-state index in [-0.39, 0.29) is 19.2 Å². The maximum Gasteiger partial charge on any atom is 0.191 e. The third kappa shape index (κ3) is 7.75. The molecule has 2 aromatic rings. The molecule has 0 bridgehead atoms. The van der Waals surface area contributed by atoms with Gasteiger partial charge in [0.05, 0.1) is 39.0 Å². The van der Waals surface area contributed by atoms with Gasteiger partial charge in [-0.2, -0.15) is 0 Å². The number of ether oxygens (including phenoxy) is 2. The van der Waals surface area contributed by atoms with Crippen molar-refractivity contribution in [3.63, 3.8) is 0 Å². The maximum atomic E-state index is 10.2. The molecule has 0 saturated heterocycles. The summed E-state index contributed by atoms with van der Waals surface area (Å²) in [4.78, 5) is 4.51. The van der Waals surface area contributed by atoms with E-state index in [1.165, 1.54) is 5.56 Å². The van der Waals surface area contributed by atoms with Crippen molar-refractivity contribution in [2.75, 3.05) is 26.8 Å². The van der Waals surface area contributed by atoms with Gasteiger partial charge in [-0.3, -0.25) is 4.99 Å². The minimum absolute atomic E-state index is 0.00544. The van der Waals surface area contributed by atoms with E-state index in [0.29, 0.717) is 12.6 Å². The normalized spacial score (nSPS) is 13.6. The Labute approximate surface area is 174 Å². The zero-order valence-electron chi connectivity index (χ0n) is 17.8. The number of hydrogen-bond donors (Lipinski definition) is 3. The van der Waals surface area contributed by atoms with Crippen LogP contribution in [-0.2, 0) is 11.3 Å². The maximum absolute atomic E-state index is 10.2. The number of guanidine groups is 1. The highest BCUT2D eigenvalue weighted by Gasteiger charge is 2.14. The number of aliphatic imine (C=N–C) groups is 1. The molecule has 0 aliphatic heterocycles. The number of hydrogen-bond acceptors (Lipinski definition) is 4. The standard InChI is InChI=1S/C23H33N3O3/c1-5-24-23(26-18(3)21-13-17(2)11-12-22(21)28-4)25-14-20(27)16-29-15-19-9-7-6-8-10-19/h6-13,18,20,27H,5,14-16H2,1-4H3,(H2,24,25,26). The fourth-order valence-electron chi connectivity index (χ4n) is 2.93. The van der Waals surface area contributed by atoms with Crippen molar-refractivity contribution in [3.05, 3.63) is 65.2 Å². The van der Waals surface area contributed by atoms with Crippen LogP contribution in [0.15, 0.2) is 53.5 Å². The minimum atomic E-state index is -0.669. The van der Waals surface area contributed by atoms with Gasteiger partial charge in [-0.05, 0) is 32.4 Å². The first-order valence-corrected chi connectivity index (χ1v) is 10.0. The molecule has 2 aromatic carbocycles. The van der Waals surface area contributed by atoms with Crippen molar-refractivity contribution in [2.24, 2.45) is 4.99 Å². The van der Waals surface area contributed by atoms with Crippen molar-refractivity contribution < 1.29 is 14.6 Å². The Morgan fingerprint density at radius 3 is 2.62 bits per heavy atom. The Morgan fingerprint density at radius 2 is 1.93 bits per heavy atom. The molecule has 158 valence electrons. The van der Waals surface area contributed by atoms with Crippen molar-refractivity contribution in [2.45, 2.75) is 39.5 Å². The Bertz CT molecular complexity index is 765. The van der Waals surface area contributed by atoms with Crippen molar-refractivity contribution >= 4 is 5.96 Å². The lowest BCUT2D eigenvalue weighted by molar-refractivity contribution is 0.0331. The summed E-state index contributed by atoms with van der Waals surface area (Å²) in [5.41, 5.74) is 3.31. The van der Waals surface area contributed by atoms with Crippen LogP contribution >= 0.6 is 0 Å². The predicted octanol–water partition coefficient (Wildman–Crippen LogP) is 3.20. The lowest BCUT2D eigenvalue weighted by Gasteiger charge is -2.21. The molecule has 2 atom stereocenters. The van der Waals surface area contributed by atoms with Gasteiger partial charge in [0.15, 0.2) is 5.96 Å². The van der Waals surface area contributed by atoms with E-state index in [9.17, 15) is 5.11 Å². The zero-order chi connectivity index (χ0) is 21.1. The number of nitrogens with one attached hydrogen (secondary N) is 2. The second-order valence-corrected chi connectivity index (χ2v) is 6.99. The van der Waals surface area contributed by atoms with E-state index in [1.807, 2.05) is 49.4 Å². The minimum Gasteiger partial charge on any atom is -0.496 e. The smallest absolute Gasteiger partial charge is 0.191 e. The first kappa shape index (κ1) is 22.7. The van der Waals surface area contributed by atoms with Gasteiger partial charge in [0, 0.05) is 12.1 Å². The molecule has 0 aromatic heterocycles. The number of aryl methyl sites for hydroxylation is 1. The third-order valence-corrected chi connectivity index (χ3v) is 4.43. The molecule has 0 heterocycles. The summed E-state index contributed by atoms with van der Waals surface area (Å²) >= 11 is 0. The highest BCUT2D eigenvalue weighted by Crippen LogP contribution is 2.25. The Hall–Kier alpha value is -2.57. The van der Waals surface area contributed by atoms with Gasteiger partial charge >= 0.3 is 0 Å². The predicted molar refractivity (Wildman–Crippen MR) is 117 cm³/mol. The molecular formula is C23H33N3O3. The van der Waals surface area contributed by atoms with Crippen LogP contribution < -0.4 is 15.4 Å². The summed E-state index contributed by atoms with van der Waals surface area (Å²) in [5.74, 6) is 1.48. The molecule has 0 radical (unpaired) electrons. The summed E-state index contributed by atoms with van der Waals surface area (Å²) in [6.45, 7) is 7.81. The van der Waals surface area contributed by atoms with E-state index in [4.69, 9.17) is 9.47 Å². The van der Waals surface area contributed by atoms with Crippen LogP contribution in [0.25, 0.3) is 0 Å². The molecule has 0 spiro atoms.